The maximum Gasteiger partial charge on any atom is 0.311 e. The first-order chi connectivity index (χ1) is 13.9. The van der Waals surface area contributed by atoms with Gasteiger partial charge in [0.2, 0.25) is 5.89 Å². The van der Waals surface area contributed by atoms with Crippen LogP contribution < -0.4 is 4.72 Å². The van der Waals surface area contributed by atoms with Crippen molar-refractivity contribution >= 4 is 33.0 Å². The van der Waals surface area contributed by atoms with E-state index in [2.05, 4.69) is 14.9 Å². The highest BCUT2D eigenvalue weighted by molar-refractivity contribution is 7.94. The summed E-state index contributed by atoms with van der Waals surface area (Å²) in [5.41, 5.74) is 0.506. The van der Waals surface area contributed by atoms with Crippen LogP contribution in [0.4, 0.5) is 10.1 Å². The summed E-state index contributed by atoms with van der Waals surface area (Å²) < 4.78 is 46.1. The van der Waals surface area contributed by atoms with Crippen LogP contribution in [0.2, 0.25) is 0 Å². The van der Waals surface area contributed by atoms with Gasteiger partial charge in [0, 0.05) is 18.5 Å². The highest BCUT2D eigenvalue weighted by Gasteiger charge is 2.25. The van der Waals surface area contributed by atoms with Crippen LogP contribution in [0.3, 0.4) is 0 Å². The van der Waals surface area contributed by atoms with Crippen molar-refractivity contribution in [2.75, 3.05) is 17.8 Å². The fourth-order valence-corrected chi connectivity index (χ4v) is 5.19. The molecule has 152 valence electrons. The number of hydrogen-bond donors (Lipinski definition) is 1. The van der Waals surface area contributed by atoms with Crippen LogP contribution in [-0.2, 0) is 10.0 Å². The van der Waals surface area contributed by atoms with E-state index in [0.29, 0.717) is 18.7 Å². The van der Waals surface area contributed by atoms with E-state index < -0.39 is 15.8 Å². The average Bonchev–Trinajstić information content (AvgIpc) is 3.38. The van der Waals surface area contributed by atoms with E-state index in [1.165, 1.54) is 24.3 Å². The highest BCUT2D eigenvalue weighted by atomic mass is 32.2. The van der Waals surface area contributed by atoms with E-state index >= 15 is 0 Å². The lowest BCUT2D eigenvalue weighted by Gasteiger charge is -2.24. The predicted octanol–water partition coefficient (Wildman–Crippen LogP) is 3.36. The third-order valence-corrected chi connectivity index (χ3v) is 7.24. The van der Waals surface area contributed by atoms with Crippen LogP contribution in [0.25, 0.3) is 11.5 Å². The van der Waals surface area contributed by atoms with Gasteiger partial charge in [-0.3, -0.25) is 9.52 Å². The van der Waals surface area contributed by atoms with Crippen molar-refractivity contribution in [2.24, 2.45) is 0 Å². The molecule has 11 heteroatoms. The van der Waals surface area contributed by atoms with Crippen LogP contribution in [0.15, 0.2) is 44.3 Å². The lowest BCUT2D eigenvalue weighted by atomic mass is 10.1. The molecule has 29 heavy (non-hydrogen) atoms. The molecular formula is C18H17FN4O4S2. The van der Waals surface area contributed by atoms with Gasteiger partial charge < -0.3 is 9.32 Å². The summed E-state index contributed by atoms with van der Waals surface area (Å²) >= 11 is 0.953. The molecule has 0 unspecified atom stereocenters. The second-order valence-electron chi connectivity index (χ2n) is 6.54. The van der Waals surface area contributed by atoms with E-state index in [-0.39, 0.29) is 27.6 Å². The van der Waals surface area contributed by atoms with E-state index in [4.69, 9.17) is 4.42 Å². The molecule has 1 saturated heterocycles. The minimum absolute atomic E-state index is 0.00105. The van der Waals surface area contributed by atoms with Crippen molar-refractivity contribution in [3.05, 3.63) is 47.4 Å². The summed E-state index contributed by atoms with van der Waals surface area (Å²) in [6.45, 7) is 1.31. The monoisotopic (exact) mass is 436 g/mol. The van der Waals surface area contributed by atoms with Crippen LogP contribution in [0, 0.1) is 5.82 Å². The smallest absolute Gasteiger partial charge is 0.311 e. The number of sulfonamides is 1. The van der Waals surface area contributed by atoms with Gasteiger partial charge in [-0.05, 0) is 43.5 Å². The number of halogens is 1. The van der Waals surface area contributed by atoms with Gasteiger partial charge >= 0.3 is 11.8 Å². The van der Waals surface area contributed by atoms with E-state index in [1.807, 2.05) is 0 Å². The number of nitrogens with zero attached hydrogens (tertiary/aromatic N) is 3. The van der Waals surface area contributed by atoms with Crippen molar-refractivity contribution in [1.29, 1.82) is 0 Å². The maximum absolute atomic E-state index is 13.3. The highest BCUT2D eigenvalue weighted by Crippen LogP contribution is 2.29. The van der Waals surface area contributed by atoms with Crippen LogP contribution >= 0.6 is 11.3 Å². The van der Waals surface area contributed by atoms with Crippen LogP contribution in [-0.4, -0.2) is 42.5 Å². The Morgan fingerprint density at radius 3 is 2.72 bits per heavy atom. The van der Waals surface area contributed by atoms with Gasteiger partial charge in [-0.1, -0.05) is 6.07 Å². The van der Waals surface area contributed by atoms with Gasteiger partial charge in [0.1, 0.15) is 10.0 Å². The molecule has 1 fully saturated rings. The molecule has 2 aromatic heterocycles. The first-order valence-electron chi connectivity index (χ1n) is 8.92. The zero-order chi connectivity index (χ0) is 20.4. The Balaban J connectivity index is 1.51. The number of thiophene rings is 1. The lowest BCUT2D eigenvalue weighted by molar-refractivity contribution is 0.0684. The Kier molecular flexibility index (Phi) is 5.33. The summed E-state index contributed by atoms with van der Waals surface area (Å²) in [6, 6.07) is 6.54. The van der Waals surface area contributed by atoms with E-state index in [1.54, 1.807) is 10.3 Å². The first-order valence-corrected chi connectivity index (χ1v) is 11.3. The molecule has 1 aliphatic heterocycles. The molecule has 4 rings (SSSR count). The van der Waals surface area contributed by atoms with Crippen molar-refractivity contribution in [1.82, 2.24) is 15.1 Å². The number of aromatic nitrogens is 2. The Hall–Kier alpha value is -2.79. The second kappa shape index (κ2) is 7.91. The number of hydrogen-bond acceptors (Lipinski definition) is 7. The van der Waals surface area contributed by atoms with Gasteiger partial charge in [-0.25, -0.2) is 12.8 Å². The maximum atomic E-state index is 13.3. The third-order valence-electron chi connectivity index (χ3n) is 4.42. The number of benzene rings is 1. The molecule has 1 N–H and O–H groups in total. The molecule has 3 aromatic rings. The van der Waals surface area contributed by atoms with Crippen molar-refractivity contribution < 1.29 is 22.0 Å². The molecule has 0 radical (unpaired) electrons. The number of anilines is 1. The Morgan fingerprint density at radius 1 is 1.17 bits per heavy atom. The molecular weight excluding hydrogens is 419 g/mol. The zero-order valence-corrected chi connectivity index (χ0v) is 16.8. The molecule has 3 heterocycles. The third kappa shape index (κ3) is 4.30. The fourth-order valence-electron chi connectivity index (χ4n) is 2.99. The summed E-state index contributed by atoms with van der Waals surface area (Å²) in [7, 11) is -3.91. The Bertz CT molecular complexity index is 1140. The first kappa shape index (κ1) is 19.5. The molecule has 0 atom stereocenters. The summed E-state index contributed by atoms with van der Waals surface area (Å²) in [6.07, 6.45) is 2.97. The number of rotatable bonds is 5. The van der Waals surface area contributed by atoms with E-state index in [0.717, 1.165) is 36.7 Å². The number of carbonyl (C=O) groups excluding carboxylic acids is 1. The predicted molar refractivity (Wildman–Crippen MR) is 105 cm³/mol. The topological polar surface area (TPSA) is 105 Å². The van der Waals surface area contributed by atoms with Crippen LogP contribution in [0.1, 0.15) is 29.9 Å². The second-order valence-corrected chi connectivity index (χ2v) is 9.36. The molecule has 8 nitrogen and oxygen atoms in total. The molecule has 1 aromatic carbocycles. The van der Waals surface area contributed by atoms with Crippen molar-refractivity contribution in [3.8, 4) is 11.5 Å². The number of nitrogens with one attached hydrogen (secondary N) is 1. The number of likely N-dealkylation sites (tertiary alicyclic amines) is 1. The Labute approximate surface area is 170 Å². The number of piperidine rings is 1. The van der Waals surface area contributed by atoms with Gasteiger partial charge in [-0.15, -0.1) is 21.5 Å². The van der Waals surface area contributed by atoms with Gasteiger partial charge in [0.15, 0.2) is 0 Å². The Morgan fingerprint density at radius 2 is 1.97 bits per heavy atom. The minimum Gasteiger partial charge on any atom is -0.412 e. The van der Waals surface area contributed by atoms with Gasteiger partial charge in [-0.2, -0.15) is 0 Å². The molecule has 0 aliphatic carbocycles. The zero-order valence-electron chi connectivity index (χ0n) is 15.2. The largest absolute Gasteiger partial charge is 0.412 e. The lowest BCUT2D eigenvalue weighted by Crippen LogP contribution is -2.35. The van der Waals surface area contributed by atoms with Crippen LogP contribution in [0.5, 0.6) is 0 Å². The van der Waals surface area contributed by atoms with Crippen molar-refractivity contribution in [3.63, 3.8) is 0 Å². The van der Waals surface area contributed by atoms with Crippen molar-refractivity contribution in [2.45, 2.75) is 23.5 Å². The fraction of sp³-hybridized carbons (Fsp3) is 0.278. The summed E-state index contributed by atoms with van der Waals surface area (Å²) in [5, 5.41) is 9.22. The summed E-state index contributed by atoms with van der Waals surface area (Å²) in [5.74, 6) is -0.919. The minimum atomic E-state index is -3.91. The average molecular weight is 436 g/mol. The normalized spacial score (nSPS) is 14.7. The number of amides is 1. The molecule has 0 bridgehead atoms. The molecule has 0 spiro atoms. The standard InChI is InChI=1S/C18H17FN4O4S2/c19-13-5-4-6-14(10-13)22-29(25,26)15-9-12(11-28-15)16-20-21-17(27-16)18(24)23-7-2-1-3-8-23/h4-6,9-11,22H,1-3,7-8H2. The molecule has 1 amide bonds. The van der Waals surface area contributed by atoms with Gasteiger partial charge in [0.05, 0.1) is 11.3 Å². The van der Waals surface area contributed by atoms with E-state index in [9.17, 15) is 17.6 Å². The number of carbonyl (C=O) groups is 1. The van der Waals surface area contributed by atoms with Gasteiger partial charge in [0.25, 0.3) is 10.0 Å². The molecule has 1 aliphatic rings. The quantitative estimate of drug-likeness (QED) is 0.657. The molecule has 0 saturated carbocycles. The SMILES string of the molecule is O=C(c1nnc(-c2csc(S(=O)(=O)Nc3cccc(F)c3)c2)o1)N1CCCCC1. The summed E-state index contributed by atoms with van der Waals surface area (Å²) in [4.78, 5) is 14.1.